The van der Waals surface area contributed by atoms with E-state index in [1.54, 1.807) is 6.07 Å². The van der Waals surface area contributed by atoms with E-state index in [0.29, 0.717) is 18.6 Å². The van der Waals surface area contributed by atoms with Gasteiger partial charge in [-0.05, 0) is 36.5 Å². The molecule has 0 aliphatic rings. The van der Waals surface area contributed by atoms with Crippen molar-refractivity contribution in [2.24, 2.45) is 0 Å². The lowest BCUT2D eigenvalue weighted by Crippen LogP contribution is -1.98. The van der Waals surface area contributed by atoms with Crippen LogP contribution in [0.5, 0.6) is 11.5 Å². The van der Waals surface area contributed by atoms with Crippen LogP contribution in [0.15, 0.2) is 12.1 Å². The second-order valence-electron chi connectivity index (χ2n) is 3.91. The first-order valence-electron chi connectivity index (χ1n) is 5.69. The third kappa shape index (κ3) is 3.66. The second-order valence-corrected chi connectivity index (χ2v) is 3.91. The van der Waals surface area contributed by atoms with Crippen molar-refractivity contribution in [3.05, 3.63) is 23.3 Å². The predicted octanol–water partition coefficient (Wildman–Crippen LogP) is 2.37. The van der Waals surface area contributed by atoms with Crippen LogP contribution in [0.2, 0.25) is 0 Å². The summed E-state index contributed by atoms with van der Waals surface area (Å²) in [5.74, 6) is -0.243. The number of aliphatic carboxylic acids is 1. The van der Waals surface area contributed by atoms with Gasteiger partial charge in [-0.3, -0.25) is 4.79 Å². The Hall–Kier alpha value is -1.71. The molecule has 0 aliphatic heterocycles. The van der Waals surface area contributed by atoms with Crippen LogP contribution in [0.4, 0.5) is 0 Å². The largest absolute Gasteiger partial charge is 0.504 e. The number of aromatic hydroxyl groups is 1. The van der Waals surface area contributed by atoms with Gasteiger partial charge in [0, 0.05) is 6.42 Å². The molecule has 0 aromatic heterocycles. The van der Waals surface area contributed by atoms with E-state index >= 15 is 0 Å². The van der Waals surface area contributed by atoms with Gasteiger partial charge in [-0.25, -0.2) is 0 Å². The summed E-state index contributed by atoms with van der Waals surface area (Å²) < 4.78 is 5.09. The van der Waals surface area contributed by atoms with Crippen LogP contribution in [-0.4, -0.2) is 23.3 Å². The molecular formula is C13H18O4. The van der Waals surface area contributed by atoms with E-state index in [0.717, 1.165) is 17.5 Å². The zero-order chi connectivity index (χ0) is 12.8. The highest BCUT2D eigenvalue weighted by molar-refractivity contribution is 5.66. The van der Waals surface area contributed by atoms with Crippen molar-refractivity contribution < 1.29 is 19.7 Å². The Morgan fingerprint density at radius 1 is 1.41 bits per heavy atom. The summed E-state index contributed by atoms with van der Waals surface area (Å²) in [6.45, 7) is 2.02. The number of ether oxygens (including phenoxy) is 1. The third-order valence-electron chi connectivity index (χ3n) is 2.68. The molecule has 0 unspecified atom stereocenters. The molecule has 0 saturated heterocycles. The topological polar surface area (TPSA) is 66.8 Å². The molecule has 0 amide bonds. The number of aryl methyl sites for hydroxylation is 2. The van der Waals surface area contributed by atoms with E-state index in [2.05, 4.69) is 0 Å². The summed E-state index contributed by atoms with van der Waals surface area (Å²) in [6, 6.07) is 3.70. The Balaban J connectivity index is 2.85. The van der Waals surface area contributed by atoms with Crippen molar-refractivity contribution >= 4 is 5.97 Å². The first kappa shape index (κ1) is 13.4. The highest BCUT2D eigenvalue weighted by atomic mass is 16.5. The summed E-state index contributed by atoms with van der Waals surface area (Å²) in [5.41, 5.74) is 1.83. The number of rotatable bonds is 6. The van der Waals surface area contributed by atoms with Crippen LogP contribution >= 0.6 is 0 Å². The monoisotopic (exact) mass is 238 g/mol. The third-order valence-corrected chi connectivity index (χ3v) is 2.68. The number of hydrogen-bond donors (Lipinski definition) is 2. The normalized spacial score (nSPS) is 10.2. The van der Waals surface area contributed by atoms with E-state index in [9.17, 15) is 9.90 Å². The number of carboxylic acid groups (broad SMARTS) is 1. The van der Waals surface area contributed by atoms with Gasteiger partial charge in [0.25, 0.3) is 0 Å². The summed E-state index contributed by atoms with van der Waals surface area (Å²) in [6.07, 6.45) is 2.02. The second kappa shape index (κ2) is 6.13. The van der Waals surface area contributed by atoms with Crippen LogP contribution in [-0.2, 0) is 17.6 Å². The van der Waals surface area contributed by atoms with Gasteiger partial charge in [0.1, 0.15) is 0 Å². The lowest BCUT2D eigenvalue weighted by atomic mass is 10.0. The molecule has 94 valence electrons. The van der Waals surface area contributed by atoms with Gasteiger partial charge in [0.05, 0.1) is 7.11 Å². The van der Waals surface area contributed by atoms with Gasteiger partial charge in [-0.15, -0.1) is 0 Å². The van der Waals surface area contributed by atoms with Crippen LogP contribution in [0.3, 0.4) is 0 Å². The average Bonchev–Trinajstić information content (AvgIpc) is 2.31. The molecule has 0 radical (unpaired) electrons. The molecule has 4 heteroatoms. The van der Waals surface area contributed by atoms with Crippen molar-refractivity contribution in [1.82, 2.24) is 0 Å². The number of phenols is 1. The minimum atomic E-state index is -0.817. The number of methoxy groups -OCH3 is 1. The van der Waals surface area contributed by atoms with Crippen LogP contribution in [0.1, 0.15) is 30.9 Å². The Morgan fingerprint density at radius 3 is 2.65 bits per heavy atom. The molecule has 1 aromatic rings. The molecule has 1 rings (SSSR count). The maximum atomic E-state index is 10.4. The molecule has 0 bridgehead atoms. The minimum absolute atomic E-state index is 0.109. The standard InChI is InChI=1S/C13H18O4/c1-3-9-7-10(5-4-6-12(14)15)13(16)11(8-9)17-2/h7-8,16H,3-6H2,1-2H3,(H,14,15). The van der Waals surface area contributed by atoms with Crippen LogP contribution in [0.25, 0.3) is 0 Å². The molecule has 0 fully saturated rings. The number of benzene rings is 1. The quantitative estimate of drug-likeness (QED) is 0.798. The smallest absolute Gasteiger partial charge is 0.303 e. The molecule has 0 atom stereocenters. The fourth-order valence-electron chi connectivity index (χ4n) is 1.71. The summed E-state index contributed by atoms with van der Waals surface area (Å²) >= 11 is 0. The van der Waals surface area contributed by atoms with Gasteiger partial charge >= 0.3 is 5.97 Å². The van der Waals surface area contributed by atoms with E-state index in [-0.39, 0.29) is 12.2 Å². The lowest BCUT2D eigenvalue weighted by Gasteiger charge is -2.11. The molecule has 0 saturated carbocycles. The Labute approximate surface area is 101 Å². The maximum Gasteiger partial charge on any atom is 0.303 e. The number of phenolic OH excluding ortho intramolecular Hbond substituents is 1. The zero-order valence-electron chi connectivity index (χ0n) is 10.2. The van der Waals surface area contributed by atoms with Crippen LogP contribution in [0, 0.1) is 0 Å². The van der Waals surface area contributed by atoms with E-state index in [1.807, 2.05) is 13.0 Å². The van der Waals surface area contributed by atoms with Crippen molar-refractivity contribution in [2.75, 3.05) is 7.11 Å². The van der Waals surface area contributed by atoms with Gasteiger partial charge in [-0.2, -0.15) is 0 Å². The highest BCUT2D eigenvalue weighted by Gasteiger charge is 2.10. The summed E-state index contributed by atoms with van der Waals surface area (Å²) in [5, 5.41) is 18.5. The maximum absolute atomic E-state index is 10.4. The number of carboxylic acids is 1. The van der Waals surface area contributed by atoms with Crippen molar-refractivity contribution in [1.29, 1.82) is 0 Å². The molecular weight excluding hydrogens is 220 g/mol. The predicted molar refractivity (Wildman–Crippen MR) is 64.6 cm³/mol. The first-order valence-corrected chi connectivity index (χ1v) is 5.69. The van der Waals surface area contributed by atoms with Crippen LogP contribution < -0.4 is 4.74 Å². The summed E-state index contributed by atoms with van der Waals surface area (Å²) in [7, 11) is 1.51. The van der Waals surface area contributed by atoms with Gasteiger partial charge < -0.3 is 14.9 Å². The van der Waals surface area contributed by atoms with Crippen molar-refractivity contribution in [2.45, 2.75) is 32.6 Å². The number of hydrogen-bond acceptors (Lipinski definition) is 3. The van der Waals surface area contributed by atoms with Gasteiger partial charge in [-0.1, -0.05) is 13.0 Å². The SMILES string of the molecule is CCc1cc(CCCC(=O)O)c(O)c(OC)c1. The molecule has 4 nitrogen and oxygen atoms in total. The molecule has 1 aromatic carbocycles. The highest BCUT2D eigenvalue weighted by Crippen LogP contribution is 2.32. The summed E-state index contributed by atoms with van der Waals surface area (Å²) in [4.78, 5) is 10.4. The van der Waals surface area contributed by atoms with E-state index in [4.69, 9.17) is 9.84 Å². The van der Waals surface area contributed by atoms with Gasteiger partial charge in [0.2, 0.25) is 0 Å². The van der Waals surface area contributed by atoms with Gasteiger partial charge in [0.15, 0.2) is 11.5 Å². The van der Waals surface area contributed by atoms with E-state index in [1.165, 1.54) is 7.11 Å². The van der Waals surface area contributed by atoms with E-state index < -0.39 is 5.97 Å². The Morgan fingerprint density at radius 2 is 2.12 bits per heavy atom. The molecule has 17 heavy (non-hydrogen) atoms. The van der Waals surface area contributed by atoms with Crippen molar-refractivity contribution in [3.8, 4) is 11.5 Å². The molecule has 0 spiro atoms. The fraction of sp³-hybridized carbons (Fsp3) is 0.462. The molecule has 2 N–H and O–H groups in total. The molecule has 0 heterocycles. The first-order chi connectivity index (χ1) is 8.08. The van der Waals surface area contributed by atoms with Crippen molar-refractivity contribution in [3.63, 3.8) is 0 Å². The Bertz CT molecular complexity index is 399. The fourth-order valence-corrected chi connectivity index (χ4v) is 1.71. The Kier molecular flexibility index (Phi) is 4.82. The average molecular weight is 238 g/mol. The lowest BCUT2D eigenvalue weighted by molar-refractivity contribution is -0.137. The molecule has 0 aliphatic carbocycles. The number of carbonyl (C=O) groups is 1. The minimum Gasteiger partial charge on any atom is -0.504 e. The zero-order valence-corrected chi connectivity index (χ0v) is 10.2.